The molecule has 2 aromatic heterocycles. The SMILES string of the molecule is CCc1ccc(-c2nc(=S)n(C[NH+]3CCC[C@H]3c3cccs3)[nH]2)cc1. The molecule has 6 heteroatoms. The minimum atomic E-state index is 0.581. The van der Waals surface area contributed by atoms with Crippen LogP contribution < -0.4 is 4.90 Å². The molecule has 0 spiro atoms. The fourth-order valence-corrected chi connectivity index (χ4v) is 4.75. The van der Waals surface area contributed by atoms with Gasteiger partial charge in [-0.1, -0.05) is 37.3 Å². The van der Waals surface area contributed by atoms with E-state index in [1.54, 1.807) is 4.90 Å². The highest BCUT2D eigenvalue weighted by atomic mass is 32.1. The molecule has 1 unspecified atom stereocenters. The number of thiophene rings is 1. The van der Waals surface area contributed by atoms with Crippen LogP contribution in [-0.4, -0.2) is 21.3 Å². The minimum absolute atomic E-state index is 0.581. The summed E-state index contributed by atoms with van der Waals surface area (Å²) in [5.41, 5.74) is 2.43. The molecule has 0 saturated carbocycles. The van der Waals surface area contributed by atoms with Crippen molar-refractivity contribution in [2.24, 2.45) is 0 Å². The Balaban J connectivity index is 1.55. The van der Waals surface area contributed by atoms with E-state index in [0.717, 1.165) is 24.5 Å². The highest BCUT2D eigenvalue weighted by molar-refractivity contribution is 7.71. The molecular formula is C19H23N4S2+. The van der Waals surface area contributed by atoms with Crippen LogP contribution in [-0.2, 0) is 13.1 Å². The number of benzene rings is 1. The van der Waals surface area contributed by atoms with Crippen molar-refractivity contribution >= 4 is 23.6 Å². The zero-order valence-corrected chi connectivity index (χ0v) is 16.0. The van der Waals surface area contributed by atoms with E-state index in [4.69, 9.17) is 12.2 Å². The van der Waals surface area contributed by atoms with Crippen LogP contribution in [0, 0.1) is 4.77 Å². The Morgan fingerprint density at radius 2 is 2.16 bits per heavy atom. The van der Waals surface area contributed by atoms with Crippen LogP contribution in [0.15, 0.2) is 41.8 Å². The number of H-pyrrole nitrogens is 1. The van der Waals surface area contributed by atoms with E-state index in [0.29, 0.717) is 10.8 Å². The average molecular weight is 372 g/mol. The molecule has 0 radical (unpaired) electrons. The number of hydrogen-bond acceptors (Lipinski definition) is 3. The molecule has 0 bridgehead atoms. The van der Waals surface area contributed by atoms with Crippen molar-refractivity contribution in [3.8, 4) is 11.4 Å². The normalized spacial score (nSPS) is 20.2. The Hall–Kier alpha value is -1.76. The van der Waals surface area contributed by atoms with Gasteiger partial charge in [0, 0.05) is 18.4 Å². The predicted molar refractivity (Wildman–Crippen MR) is 104 cm³/mol. The fraction of sp³-hybridized carbons (Fsp3) is 0.368. The quantitative estimate of drug-likeness (QED) is 0.673. The number of rotatable bonds is 5. The largest absolute Gasteiger partial charge is 0.309 e. The number of hydrogen-bond donors (Lipinski definition) is 2. The lowest BCUT2D eigenvalue weighted by molar-refractivity contribution is -0.941. The Labute approximate surface area is 157 Å². The molecule has 2 atom stereocenters. The summed E-state index contributed by atoms with van der Waals surface area (Å²) in [7, 11) is 0. The molecule has 1 aromatic carbocycles. The van der Waals surface area contributed by atoms with Crippen LogP contribution in [0.4, 0.5) is 0 Å². The summed E-state index contributed by atoms with van der Waals surface area (Å²) in [5, 5.41) is 5.58. The maximum atomic E-state index is 5.50. The van der Waals surface area contributed by atoms with Gasteiger partial charge in [0.25, 0.3) is 0 Å². The zero-order chi connectivity index (χ0) is 17.2. The van der Waals surface area contributed by atoms with Crippen molar-refractivity contribution in [2.75, 3.05) is 6.54 Å². The first-order valence-electron chi connectivity index (χ1n) is 8.88. The Morgan fingerprint density at radius 3 is 2.88 bits per heavy atom. The molecule has 3 heterocycles. The van der Waals surface area contributed by atoms with E-state index in [2.05, 4.69) is 58.8 Å². The molecule has 4 rings (SSSR count). The van der Waals surface area contributed by atoms with Crippen LogP contribution in [0.2, 0.25) is 0 Å². The monoisotopic (exact) mass is 371 g/mol. The summed E-state index contributed by atoms with van der Waals surface area (Å²) in [6, 6.07) is 13.5. The second-order valence-corrected chi connectivity index (χ2v) is 7.95. The molecular weight excluding hydrogens is 348 g/mol. The topological polar surface area (TPSA) is 38.0 Å². The summed E-state index contributed by atoms with van der Waals surface area (Å²) >= 11 is 7.37. The molecule has 0 aliphatic carbocycles. The number of quaternary nitrogens is 1. The Kier molecular flexibility index (Phi) is 4.83. The summed E-state index contributed by atoms with van der Waals surface area (Å²) in [6.45, 7) is 4.20. The van der Waals surface area contributed by atoms with E-state index < -0.39 is 0 Å². The van der Waals surface area contributed by atoms with E-state index in [1.165, 1.54) is 29.8 Å². The first-order chi connectivity index (χ1) is 12.2. The van der Waals surface area contributed by atoms with Gasteiger partial charge in [0.1, 0.15) is 6.04 Å². The number of likely N-dealkylation sites (tertiary alicyclic amines) is 1. The van der Waals surface area contributed by atoms with Gasteiger partial charge in [-0.2, -0.15) is 4.98 Å². The summed E-state index contributed by atoms with van der Waals surface area (Å²) in [6.07, 6.45) is 3.57. The zero-order valence-electron chi connectivity index (χ0n) is 14.4. The number of aromatic amines is 1. The molecule has 4 nitrogen and oxygen atoms in total. The lowest BCUT2D eigenvalue weighted by Crippen LogP contribution is -3.09. The Bertz CT molecular complexity index is 877. The van der Waals surface area contributed by atoms with Crippen molar-refractivity contribution in [3.05, 3.63) is 57.0 Å². The maximum absolute atomic E-state index is 5.50. The first kappa shape index (κ1) is 16.7. The van der Waals surface area contributed by atoms with Crippen LogP contribution >= 0.6 is 23.6 Å². The highest BCUT2D eigenvalue weighted by Gasteiger charge is 2.31. The van der Waals surface area contributed by atoms with Gasteiger partial charge in [0.2, 0.25) is 4.77 Å². The summed E-state index contributed by atoms with van der Waals surface area (Å²) in [4.78, 5) is 7.62. The minimum Gasteiger partial charge on any atom is -0.309 e. The summed E-state index contributed by atoms with van der Waals surface area (Å²) in [5.74, 6) is 0.860. The standard InChI is InChI=1S/C19H22N4S2/c1-2-14-7-9-15(10-8-14)18-20-19(24)23(21-18)13-22-11-3-5-16(22)17-6-4-12-25-17/h4,6-10,12,16H,2-3,5,11,13H2,1H3,(H,20,21,24)/p+1/t16-/m0/s1. The molecule has 2 N–H and O–H groups in total. The van der Waals surface area contributed by atoms with Crippen molar-refractivity contribution in [1.82, 2.24) is 14.8 Å². The molecule has 1 fully saturated rings. The third kappa shape index (κ3) is 3.47. The van der Waals surface area contributed by atoms with Gasteiger partial charge in [0.05, 0.1) is 11.4 Å². The molecule has 1 saturated heterocycles. The van der Waals surface area contributed by atoms with Crippen molar-refractivity contribution in [1.29, 1.82) is 0 Å². The number of aromatic nitrogens is 3. The van der Waals surface area contributed by atoms with Gasteiger partial charge >= 0.3 is 0 Å². The first-order valence-corrected chi connectivity index (χ1v) is 10.2. The molecule has 1 aliphatic heterocycles. The van der Waals surface area contributed by atoms with E-state index >= 15 is 0 Å². The van der Waals surface area contributed by atoms with Crippen LogP contribution in [0.3, 0.4) is 0 Å². The number of nitrogens with zero attached hydrogens (tertiary/aromatic N) is 2. The van der Waals surface area contributed by atoms with E-state index in [9.17, 15) is 0 Å². The van der Waals surface area contributed by atoms with Gasteiger partial charge in [-0.05, 0) is 35.6 Å². The van der Waals surface area contributed by atoms with Crippen molar-refractivity contribution in [2.45, 2.75) is 38.9 Å². The fourth-order valence-electron chi connectivity index (χ4n) is 3.63. The van der Waals surface area contributed by atoms with Gasteiger partial charge in [-0.3, -0.25) is 5.10 Å². The third-order valence-corrected chi connectivity index (χ3v) is 6.34. The van der Waals surface area contributed by atoms with Gasteiger partial charge in [0.15, 0.2) is 12.5 Å². The lowest BCUT2D eigenvalue weighted by atomic mass is 10.1. The van der Waals surface area contributed by atoms with Crippen molar-refractivity contribution in [3.63, 3.8) is 0 Å². The molecule has 1 aliphatic rings. The Morgan fingerprint density at radius 1 is 1.32 bits per heavy atom. The molecule has 0 amide bonds. The summed E-state index contributed by atoms with van der Waals surface area (Å²) < 4.78 is 2.67. The number of nitrogens with one attached hydrogen (secondary N) is 2. The van der Waals surface area contributed by atoms with Gasteiger partial charge in [-0.25, -0.2) is 4.68 Å². The predicted octanol–water partition coefficient (Wildman–Crippen LogP) is 3.61. The van der Waals surface area contributed by atoms with Gasteiger partial charge in [-0.15, -0.1) is 11.3 Å². The third-order valence-electron chi connectivity index (χ3n) is 5.05. The molecule has 25 heavy (non-hydrogen) atoms. The van der Waals surface area contributed by atoms with E-state index in [-0.39, 0.29) is 0 Å². The molecule has 3 aromatic rings. The average Bonchev–Trinajstić information content (AvgIpc) is 3.37. The second kappa shape index (κ2) is 7.23. The van der Waals surface area contributed by atoms with Crippen LogP contribution in [0.25, 0.3) is 11.4 Å². The smallest absolute Gasteiger partial charge is 0.221 e. The lowest BCUT2D eigenvalue weighted by Gasteiger charge is -2.20. The molecule has 130 valence electrons. The van der Waals surface area contributed by atoms with Crippen LogP contribution in [0.5, 0.6) is 0 Å². The van der Waals surface area contributed by atoms with E-state index in [1.807, 2.05) is 16.0 Å². The van der Waals surface area contributed by atoms with Gasteiger partial charge < -0.3 is 4.90 Å². The highest BCUT2D eigenvalue weighted by Crippen LogP contribution is 2.23. The maximum Gasteiger partial charge on any atom is 0.221 e. The second-order valence-electron chi connectivity index (χ2n) is 6.61. The van der Waals surface area contributed by atoms with Crippen LogP contribution in [0.1, 0.15) is 36.2 Å². The number of aryl methyl sites for hydroxylation is 1. The van der Waals surface area contributed by atoms with Crippen molar-refractivity contribution < 1.29 is 4.90 Å².